The maximum Gasteiger partial charge on any atom is 0.439 e. The van der Waals surface area contributed by atoms with Crippen LogP contribution >= 0.6 is 0 Å². The van der Waals surface area contributed by atoms with Gasteiger partial charge in [0.25, 0.3) is 0 Å². The van der Waals surface area contributed by atoms with Crippen molar-refractivity contribution in [2.24, 2.45) is 5.92 Å². The highest BCUT2D eigenvalue weighted by Crippen LogP contribution is 2.26. The van der Waals surface area contributed by atoms with Gasteiger partial charge in [0.05, 0.1) is 5.56 Å². The Morgan fingerprint density at radius 2 is 1.58 bits per heavy atom. The number of carboxylic acids is 1. The van der Waals surface area contributed by atoms with Crippen molar-refractivity contribution in [1.82, 2.24) is 10.1 Å². The molecule has 2 N–H and O–H groups in total. The van der Waals surface area contributed by atoms with E-state index in [1.165, 1.54) is 5.56 Å². The summed E-state index contributed by atoms with van der Waals surface area (Å²) in [7, 11) is 0. The molecular formula is C38H38N2O5. The van der Waals surface area contributed by atoms with Crippen LogP contribution in [0.15, 0.2) is 112 Å². The van der Waals surface area contributed by atoms with Gasteiger partial charge in [-0.2, -0.15) is 0 Å². The number of carbonyl (C=O) groups is 1. The Labute approximate surface area is 263 Å². The van der Waals surface area contributed by atoms with E-state index in [1.54, 1.807) is 12.1 Å². The highest BCUT2D eigenvalue weighted by atomic mass is 16.5. The van der Waals surface area contributed by atoms with Crippen molar-refractivity contribution in [3.8, 4) is 17.1 Å². The van der Waals surface area contributed by atoms with Crippen LogP contribution in [0.4, 0.5) is 0 Å². The Morgan fingerprint density at radius 3 is 2.22 bits per heavy atom. The second-order valence-electron chi connectivity index (χ2n) is 12.3. The average Bonchev–Trinajstić information content (AvgIpc) is 3.48. The summed E-state index contributed by atoms with van der Waals surface area (Å²) in [6, 6.07) is 31.6. The van der Waals surface area contributed by atoms with Crippen molar-refractivity contribution < 1.29 is 19.2 Å². The lowest BCUT2D eigenvalue weighted by atomic mass is 9.87. The number of rotatable bonds is 12. The number of nitrogens with one attached hydrogen (secondary N) is 1. The zero-order valence-corrected chi connectivity index (χ0v) is 25.8. The molecule has 0 bridgehead atoms. The van der Waals surface area contributed by atoms with E-state index in [1.807, 2.05) is 54.6 Å². The zero-order chi connectivity index (χ0) is 31.8. The van der Waals surface area contributed by atoms with Gasteiger partial charge in [-0.05, 0) is 71.0 Å². The molecule has 7 nitrogen and oxygen atoms in total. The summed E-state index contributed by atoms with van der Waals surface area (Å²) < 4.78 is 10.9. The van der Waals surface area contributed by atoms with Crippen molar-refractivity contribution in [2.75, 3.05) is 0 Å². The first-order chi connectivity index (χ1) is 21.6. The second kappa shape index (κ2) is 14.1. The van der Waals surface area contributed by atoms with Gasteiger partial charge in [-0.3, -0.25) is 9.51 Å². The molecule has 5 rings (SSSR count). The van der Waals surface area contributed by atoms with Crippen LogP contribution in [0.25, 0.3) is 17.5 Å². The summed E-state index contributed by atoms with van der Waals surface area (Å²) in [6.07, 6.45) is 6.82. The minimum absolute atomic E-state index is 0.106. The van der Waals surface area contributed by atoms with Crippen LogP contribution in [-0.4, -0.2) is 21.2 Å². The molecule has 230 valence electrons. The van der Waals surface area contributed by atoms with Crippen LogP contribution in [-0.2, 0) is 24.9 Å². The Hall–Kier alpha value is -5.17. The molecule has 0 saturated carbocycles. The normalized spacial score (nSPS) is 12.3. The molecule has 0 aliphatic rings. The molecule has 0 aliphatic carbocycles. The van der Waals surface area contributed by atoms with Crippen LogP contribution in [0, 0.1) is 5.92 Å². The molecule has 0 saturated heterocycles. The minimum atomic E-state index is -0.933. The van der Waals surface area contributed by atoms with Gasteiger partial charge in [0.15, 0.2) is 5.82 Å². The number of nitrogens with zero attached hydrogens (tertiary/aromatic N) is 1. The molecule has 0 spiro atoms. The number of carboxylic acid groups (broad SMARTS) is 1. The van der Waals surface area contributed by atoms with Crippen molar-refractivity contribution >= 4 is 12.0 Å². The van der Waals surface area contributed by atoms with Gasteiger partial charge in [0.1, 0.15) is 12.4 Å². The van der Waals surface area contributed by atoms with E-state index in [2.05, 4.69) is 77.9 Å². The van der Waals surface area contributed by atoms with E-state index in [0.29, 0.717) is 12.4 Å². The fourth-order valence-electron chi connectivity index (χ4n) is 5.14. The van der Waals surface area contributed by atoms with Gasteiger partial charge in [0.2, 0.25) is 0 Å². The first kappa shape index (κ1) is 31.3. The molecule has 1 aromatic heterocycles. The number of benzene rings is 4. The summed E-state index contributed by atoms with van der Waals surface area (Å²) in [6.45, 7) is 7.10. The molecule has 0 radical (unpaired) electrons. The number of hydrogen-bond donors (Lipinski definition) is 2. The molecule has 0 amide bonds. The van der Waals surface area contributed by atoms with E-state index < -0.39 is 11.7 Å². The molecule has 4 aromatic carbocycles. The standard InChI is InChI=1S/C38H38N2O5/c1-38(2,3)33-22-15-29(16-23-33)25-44-34-7-5-4-6-30(34)17-12-27(24-28-13-20-32(21-14-28)36(41)42)9-8-26-10-18-31(19-11-26)35-39-37(43)45-40-35/h4-7,10-23,27H,8-9,24-25H2,1-3H3,(H,41,42)(H,39,40,43)/b17-12+. The van der Waals surface area contributed by atoms with Crippen molar-refractivity contribution in [2.45, 2.75) is 52.1 Å². The van der Waals surface area contributed by atoms with Crippen LogP contribution in [0.5, 0.6) is 5.75 Å². The number of aryl methyl sites for hydroxylation is 1. The van der Waals surface area contributed by atoms with E-state index in [-0.39, 0.29) is 16.9 Å². The fourth-order valence-corrected chi connectivity index (χ4v) is 5.14. The van der Waals surface area contributed by atoms with Gasteiger partial charge in [-0.25, -0.2) is 9.59 Å². The van der Waals surface area contributed by atoms with Gasteiger partial charge < -0.3 is 9.84 Å². The largest absolute Gasteiger partial charge is 0.488 e. The Kier molecular flexibility index (Phi) is 9.78. The average molecular weight is 603 g/mol. The summed E-state index contributed by atoms with van der Waals surface area (Å²) >= 11 is 0. The summed E-state index contributed by atoms with van der Waals surface area (Å²) in [4.78, 5) is 25.2. The van der Waals surface area contributed by atoms with Crippen LogP contribution in [0.1, 0.15) is 65.4 Å². The number of aromatic nitrogens is 2. The molecular weight excluding hydrogens is 564 g/mol. The lowest BCUT2D eigenvalue weighted by Crippen LogP contribution is -2.10. The van der Waals surface area contributed by atoms with Gasteiger partial charge in [-0.15, -0.1) is 0 Å². The molecule has 1 unspecified atom stereocenters. The predicted octanol–water partition coefficient (Wildman–Crippen LogP) is 8.11. The first-order valence-electron chi connectivity index (χ1n) is 15.1. The molecule has 0 fully saturated rings. The third-order valence-corrected chi connectivity index (χ3v) is 7.85. The minimum Gasteiger partial charge on any atom is -0.488 e. The van der Waals surface area contributed by atoms with Crippen LogP contribution in [0.2, 0.25) is 0 Å². The number of H-pyrrole nitrogens is 1. The van der Waals surface area contributed by atoms with Crippen molar-refractivity contribution in [3.05, 3.63) is 147 Å². The zero-order valence-electron chi connectivity index (χ0n) is 25.8. The molecule has 5 aromatic rings. The Balaban J connectivity index is 1.30. The Bertz CT molecular complexity index is 1790. The maximum absolute atomic E-state index is 11.3. The van der Waals surface area contributed by atoms with Crippen molar-refractivity contribution in [3.63, 3.8) is 0 Å². The number of hydrogen-bond acceptors (Lipinski definition) is 5. The van der Waals surface area contributed by atoms with E-state index in [4.69, 9.17) is 4.74 Å². The van der Waals surface area contributed by atoms with Gasteiger partial charge in [0, 0.05) is 11.1 Å². The monoisotopic (exact) mass is 602 g/mol. The Morgan fingerprint density at radius 1 is 0.911 bits per heavy atom. The quantitative estimate of drug-likeness (QED) is 0.149. The molecule has 1 atom stereocenters. The first-order valence-corrected chi connectivity index (χ1v) is 15.1. The van der Waals surface area contributed by atoms with E-state index in [9.17, 15) is 14.7 Å². The summed E-state index contributed by atoms with van der Waals surface area (Å²) in [5, 5.41) is 13.1. The maximum atomic E-state index is 11.3. The lowest BCUT2D eigenvalue weighted by Gasteiger charge is -2.19. The number of ether oxygens (including phenoxy) is 1. The molecule has 0 aliphatic heterocycles. The molecule has 1 heterocycles. The third kappa shape index (κ3) is 8.70. The van der Waals surface area contributed by atoms with Crippen molar-refractivity contribution in [1.29, 1.82) is 0 Å². The fraction of sp³-hybridized carbons (Fsp3) is 0.237. The van der Waals surface area contributed by atoms with Gasteiger partial charge in [-0.1, -0.05) is 117 Å². The summed E-state index contributed by atoms with van der Waals surface area (Å²) in [5.74, 6) is -0.107. The topological polar surface area (TPSA) is 105 Å². The summed E-state index contributed by atoms with van der Waals surface area (Å²) in [5.41, 5.74) is 6.80. The van der Waals surface area contributed by atoms with E-state index in [0.717, 1.165) is 52.8 Å². The van der Waals surface area contributed by atoms with Crippen LogP contribution in [0.3, 0.4) is 0 Å². The van der Waals surface area contributed by atoms with Gasteiger partial charge >= 0.3 is 11.7 Å². The number of para-hydroxylation sites is 1. The highest BCUT2D eigenvalue weighted by molar-refractivity contribution is 5.87. The predicted molar refractivity (Wildman–Crippen MR) is 176 cm³/mol. The number of aromatic carboxylic acids is 1. The third-order valence-electron chi connectivity index (χ3n) is 7.85. The lowest BCUT2D eigenvalue weighted by molar-refractivity contribution is 0.0697. The second-order valence-corrected chi connectivity index (χ2v) is 12.3. The number of allylic oxidation sites excluding steroid dienone is 1. The molecule has 7 heteroatoms. The smallest absolute Gasteiger partial charge is 0.439 e. The SMILES string of the molecule is CC(C)(C)c1ccc(COc2ccccc2/C=C/C(CCc2ccc(-c3noc(=O)[nH]3)cc2)Cc2ccc(C(=O)O)cc2)cc1. The van der Waals surface area contributed by atoms with Crippen LogP contribution < -0.4 is 10.5 Å². The highest BCUT2D eigenvalue weighted by Gasteiger charge is 2.14. The molecule has 45 heavy (non-hydrogen) atoms. The van der Waals surface area contributed by atoms with E-state index >= 15 is 0 Å². The number of aromatic amines is 1.